The fraction of sp³-hybridized carbons (Fsp3) is 0.440. The Morgan fingerprint density at radius 3 is 2.57 bits per heavy atom. The maximum absolute atomic E-state index is 13.5. The number of halogens is 1. The number of carbonyl (C=O) groups is 2. The van der Waals surface area contributed by atoms with Crippen molar-refractivity contribution in [1.82, 2.24) is 24.8 Å². The molecule has 0 aliphatic carbocycles. The predicted octanol–water partition coefficient (Wildman–Crippen LogP) is 4.84. The predicted molar refractivity (Wildman–Crippen MR) is 138 cm³/mol. The number of anilines is 1. The Morgan fingerprint density at radius 2 is 1.91 bits per heavy atom. The number of hydrogen-bond donors (Lipinski definition) is 2. The number of rotatable bonds is 4. The number of nitrogen functional groups attached to an aromatic ring is 1. The number of nitrogens with two attached hydrogens (primary N) is 1. The van der Waals surface area contributed by atoms with E-state index in [0.29, 0.717) is 34.2 Å². The highest BCUT2D eigenvalue weighted by Crippen LogP contribution is 2.39. The number of likely N-dealkylation sites (tertiary alicyclic amines) is 1. The van der Waals surface area contributed by atoms with E-state index in [2.05, 4.69) is 31.2 Å². The molecule has 9 nitrogen and oxygen atoms in total. The van der Waals surface area contributed by atoms with Crippen LogP contribution in [-0.2, 0) is 4.74 Å². The van der Waals surface area contributed by atoms with E-state index in [1.807, 2.05) is 69.5 Å². The first-order valence-corrected chi connectivity index (χ1v) is 12.4. The first-order chi connectivity index (χ1) is 16.5. The van der Waals surface area contributed by atoms with Crippen molar-refractivity contribution in [3.63, 3.8) is 0 Å². The highest BCUT2D eigenvalue weighted by molar-refractivity contribution is 9.10. The van der Waals surface area contributed by atoms with Crippen LogP contribution >= 0.6 is 15.9 Å². The molecule has 2 aromatic heterocycles. The van der Waals surface area contributed by atoms with Crippen molar-refractivity contribution in [1.29, 1.82) is 0 Å². The summed E-state index contributed by atoms with van der Waals surface area (Å²) in [6, 6.07) is 9.34. The van der Waals surface area contributed by atoms with E-state index in [9.17, 15) is 9.59 Å². The Kier molecular flexibility index (Phi) is 6.77. The summed E-state index contributed by atoms with van der Waals surface area (Å²) in [6.45, 7) is 9.88. The minimum atomic E-state index is -0.585. The number of ether oxygens (including phenoxy) is 1. The summed E-state index contributed by atoms with van der Waals surface area (Å²) >= 11 is 3.66. The van der Waals surface area contributed by atoms with Crippen molar-refractivity contribution in [2.75, 3.05) is 12.3 Å². The summed E-state index contributed by atoms with van der Waals surface area (Å²) in [5, 5.41) is 3.55. The molecule has 4 rings (SSSR count). The average Bonchev–Trinajstić information content (AvgIpc) is 3.30. The lowest BCUT2D eigenvalue weighted by Gasteiger charge is -2.27. The second-order valence-electron chi connectivity index (χ2n) is 9.97. The summed E-state index contributed by atoms with van der Waals surface area (Å²) < 4.78 is 8.10. The van der Waals surface area contributed by atoms with Gasteiger partial charge in [-0.1, -0.05) is 30.3 Å². The second-order valence-corrected chi connectivity index (χ2v) is 10.7. The fourth-order valence-corrected chi connectivity index (χ4v) is 5.36. The molecule has 1 aliphatic rings. The van der Waals surface area contributed by atoms with Gasteiger partial charge in [-0.15, -0.1) is 0 Å². The molecule has 3 atom stereocenters. The Labute approximate surface area is 213 Å². The number of carbonyl (C=O) groups excluding carboxylic acids is 2. The number of aromatic nitrogens is 3. The highest BCUT2D eigenvalue weighted by atomic mass is 79.9. The largest absolute Gasteiger partial charge is 0.444 e. The normalized spacial score (nSPS) is 19.1. The first-order valence-electron chi connectivity index (χ1n) is 11.6. The Bertz CT molecular complexity index is 1250. The smallest absolute Gasteiger partial charge is 0.410 e. The summed E-state index contributed by atoms with van der Waals surface area (Å²) in [7, 11) is 0. The van der Waals surface area contributed by atoms with Gasteiger partial charge in [-0.25, -0.2) is 14.8 Å². The molecule has 186 valence electrons. The number of hydrogen-bond acceptors (Lipinski definition) is 6. The summed E-state index contributed by atoms with van der Waals surface area (Å²) in [6.07, 6.45) is 1.70. The average molecular weight is 543 g/mol. The molecule has 0 spiro atoms. The summed E-state index contributed by atoms with van der Waals surface area (Å²) in [5.74, 6) is -0.0597. The van der Waals surface area contributed by atoms with E-state index >= 15 is 0 Å². The van der Waals surface area contributed by atoms with E-state index < -0.39 is 5.60 Å². The molecule has 3 heterocycles. The van der Waals surface area contributed by atoms with Crippen LogP contribution in [0.15, 0.2) is 41.3 Å². The zero-order chi connectivity index (χ0) is 25.5. The molecule has 1 aliphatic heterocycles. The van der Waals surface area contributed by atoms with Gasteiger partial charge < -0.3 is 25.3 Å². The van der Waals surface area contributed by atoms with Crippen LogP contribution in [0.5, 0.6) is 0 Å². The SMILES string of the molecule is C[C@@H](NC(=O)c1c(Br)n([C@@H]2C[C@H](C)N(C(=O)OC(C)(C)C)C2)c2ncnc(N)c12)c1ccccc1. The molecule has 1 aromatic carbocycles. The number of amides is 2. The van der Waals surface area contributed by atoms with Crippen molar-refractivity contribution >= 4 is 44.8 Å². The van der Waals surface area contributed by atoms with Crippen molar-refractivity contribution in [3.8, 4) is 0 Å². The molecule has 0 bridgehead atoms. The second kappa shape index (κ2) is 9.49. The minimum Gasteiger partial charge on any atom is -0.444 e. The molecule has 3 aromatic rings. The molecular formula is C25H31BrN6O3. The van der Waals surface area contributed by atoms with Gasteiger partial charge in [0.25, 0.3) is 5.91 Å². The van der Waals surface area contributed by atoms with Crippen LogP contribution < -0.4 is 11.1 Å². The van der Waals surface area contributed by atoms with E-state index in [-0.39, 0.29) is 35.9 Å². The van der Waals surface area contributed by atoms with Gasteiger partial charge in [0.05, 0.1) is 23.0 Å². The van der Waals surface area contributed by atoms with Crippen molar-refractivity contribution in [3.05, 3.63) is 52.4 Å². The van der Waals surface area contributed by atoms with Crippen LogP contribution in [0.2, 0.25) is 0 Å². The van der Waals surface area contributed by atoms with E-state index in [1.54, 1.807) is 4.90 Å². The quantitative estimate of drug-likeness (QED) is 0.487. The topological polar surface area (TPSA) is 115 Å². The molecule has 10 heteroatoms. The van der Waals surface area contributed by atoms with Crippen LogP contribution in [0, 0.1) is 0 Å². The van der Waals surface area contributed by atoms with E-state index in [0.717, 1.165) is 5.56 Å². The van der Waals surface area contributed by atoms with Gasteiger partial charge in [0, 0.05) is 12.6 Å². The van der Waals surface area contributed by atoms with E-state index in [1.165, 1.54) is 6.33 Å². The monoisotopic (exact) mass is 542 g/mol. The number of nitrogens with one attached hydrogen (secondary N) is 1. The van der Waals surface area contributed by atoms with Gasteiger partial charge in [0.15, 0.2) is 0 Å². The van der Waals surface area contributed by atoms with Gasteiger partial charge in [0.1, 0.15) is 28.0 Å². The zero-order valence-electron chi connectivity index (χ0n) is 20.6. The Hall–Kier alpha value is -3.14. The molecule has 2 amide bonds. The summed E-state index contributed by atoms with van der Waals surface area (Å²) in [4.78, 5) is 36.6. The zero-order valence-corrected chi connectivity index (χ0v) is 22.2. The summed E-state index contributed by atoms with van der Waals surface area (Å²) in [5.41, 5.74) is 7.57. The maximum atomic E-state index is 13.5. The Morgan fingerprint density at radius 1 is 1.23 bits per heavy atom. The van der Waals surface area contributed by atoms with Crippen LogP contribution in [0.4, 0.5) is 10.6 Å². The standard InChI is InChI=1S/C25H31BrN6O3/c1-14-11-17(12-31(14)24(34)35-25(3,4)5)32-20(26)18(19-21(27)28-13-29-22(19)32)23(33)30-15(2)16-9-7-6-8-10-16/h6-10,13-15,17H,11-12H2,1-5H3,(H,30,33)(H2,27,28,29)/t14-,15+,17+/m0/s1. The lowest BCUT2D eigenvalue weighted by Crippen LogP contribution is -2.38. The number of fused-ring (bicyclic) bond motifs is 1. The highest BCUT2D eigenvalue weighted by Gasteiger charge is 2.38. The minimum absolute atomic E-state index is 0.0474. The molecule has 0 unspecified atom stereocenters. The van der Waals surface area contributed by atoms with Crippen molar-refractivity contribution in [2.45, 2.75) is 64.8 Å². The van der Waals surface area contributed by atoms with Gasteiger partial charge in [0.2, 0.25) is 0 Å². The van der Waals surface area contributed by atoms with Crippen molar-refractivity contribution in [2.24, 2.45) is 0 Å². The molecule has 0 radical (unpaired) electrons. The maximum Gasteiger partial charge on any atom is 0.410 e. The Balaban J connectivity index is 1.69. The fourth-order valence-electron chi connectivity index (χ4n) is 4.53. The van der Waals surface area contributed by atoms with Crippen LogP contribution in [-0.4, -0.2) is 49.6 Å². The van der Waals surface area contributed by atoms with Crippen LogP contribution in [0.1, 0.15) is 69.0 Å². The molecule has 35 heavy (non-hydrogen) atoms. The third-order valence-electron chi connectivity index (χ3n) is 6.17. The van der Waals surface area contributed by atoms with Gasteiger partial charge >= 0.3 is 6.09 Å². The molecule has 0 saturated carbocycles. The van der Waals surface area contributed by atoms with E-state index in [4.69, 9.17) is 10.5 Å². The molecule has 1 saturated heterocycles. The van der Waals surface area contributed by atoms with Crippen LogP contribution in [0.25, 0.3) is 11.0 Å². The number of benzene rings is 1. The molecule has 3 N–H and O–H groups in total. The third-order valence-corrected chi connectivity index (χ3v) is 6.95. The first kappa shape index (κ1) is 25.0. The molecule has 1 fully saturated rings. The number of nitrogens with zero attached hydrogens (tertiary/aromatic N) is 4. The molecular weight excluding hydrogens is 512 g/mol. The van der Waals surface area contributed by atoms with Crippen molar-refractivity contribution < 1.29 is 14.3 Å². The van der Waals surface area contributed by atoms with Gasteiger partial charge in [-0.2, -0.15) is 0 Å². The van der Waals surface area contributed by atoms with Crippen LogP contribution in [0.3, 0.4) is 0 Å². The lowest BCUT2D eigenvalue weighted by atomic mass is 10.1. The third kappa shape index (κ3) is 4.98. The van der Waals surface area contributed by atoms with Gasteiger partial charge in [-0.3, -0.25) is 4.79 Å². The lowest BCUT2D eigenvalue weighted by molar-refractivity contribution is 0.0234. The van der Waals surface area contributed by atoms with Gasteiger partial charge in [-0.05, 0) is 62.5 Å².